The number of nitrogens with zero attached hydrogens (tertiary/aromatic N) is 2. The number of amides is 2. The maximum absolute atomic E-state index is 12.8. The van der Waals surface area contributed by atoms with Gasteiger partial charge in [0.25, 0.3) is 0 Å². The number of ether oxygens (including phenoxy) is 2. The van der Waals surface area contributed by atoms with Gasteiger partial charge in [-0.1, -0.05) is 39.8 Å². The van der Waals surface area contributed by atoms with E-state index in [2.05, 4.69) is 12.2 Å². The molecule has 0 fully saturated rings. The van der Waals surface area contributed by atoms with E-state index >= 15 is 0 Å². The number of rotatable bonds is 7. The zero-order valence-electron chi connectivity index (χ0n) is 20.3. The van der Waals surface area contributed by atoms with Gasteiger partial charge in [0, 0.05) is 29.0 Å². The van der Waals surface area contributed by atoms with E-state index in [0.717, 1.165) is 28.9 Å². The van der Waals surface area contributed by atoms with Crippen LogP contribution in [0.5, 0.6) is 11.5 Å². The first-order valence-electron chi connectivity index (χ1n) is 11.2. The Hall–Kier alpha value is -3.35. The van der Waals surface area contributed by atoms with Gasteiger partial charge in [-0.25, -0.2) is 5.01 Å². The standard InChI is InChI=1S/C26H33N3O4/c1-7-18-15-23(30)29(28-24(18)19-10-13-21(32-5)22(14-19)33-6)16-17-8-11-20(12-9-17)27-25(31)26(2,3)4/h8-14,18H,7,15-16H2,1-6H3,(H,27,31). The Labute approximate surface area is 195 Å². The number of methoxy groups -OCH3 is 2. The van der Waals surface area contributed by atoms with Crippen molar-refractivity contribution < 1.29 is 19.1 Å². The summed E-state index contributed by atoms with van der Waals surface area (Å²) in [7, 11) is 3.20. The fraction of sp³-hybridized carbons (Fsp3) is 0.423. The number of carbonyl (C=O) groups excluding carboxylic acids is 2. The summed E-state index contributed by atoms with van der Waals surface area (Å²) in [4.78, 5) is 25.0. The third-order valence-corrected chi connectivity index (χ3v) is 5.72. The van der Waals surface area contributed by atoms with E-state index in [9.17, 15) is 9.59 Å². The molecule has 7 nitrogen and oxygen atoms in total. The van der Waals surface area contributed by atoms with Gasteiger partial charge in [-0.2, -0.15) is 5.10 Å². The quantitative estimate of drug-likeness (QED) is 0.652. The first-order chi connectivity index (χ1) is 15.7. The van der Waals surface area contributed by atoms with Crippen LogP contribution in [0, 0.1) is 11.3 Å². The second-order valence-electron chi connectivity index (χ2n) is 9.22. The molecular weight excluding hydrogens is 418 g/mol. The predicted molar refractivity (Wildman–Crippen MR) is 130 cm³/mol. The van der Waals surface area contributed by atoms with Gasteiger partial charge in [0.15, 0.2) is 11.5 Å². The normalized spacial score (nSPS) is 16.3. The number of hydrazone groups is 1. The monoisotopic (exact) mass is 451 g/mol. The summed E-state index contributed by atoms with van der Waals surface area (Å²) in [6.45, 7) is 8.04. The Morgan fingerprint density at radius 1 is 1.09 bits per heavy atom. The van der Waals surface area contributed by atoms with Crippen LogP contribution in [0.25, 0.3) is 0 Å². The van der Waals surface area contributed by atoms with Crippen LogP contribution in [0.2, 0.25) is 0 Å². The van der Waals surface area contributed by atoms with E-state index in [0.29, 0.717) is 24.5 Å². The van der Waals surface area contributed by atoms with Crippen LogP contribution in [0.15, 0.2) is 47.6 Å². The zero-order chi connectivity index (χ0) is 24.2. The molecule has 0 aromatic heterocycles. The zero-order valence-corrected chi connectivity index (χ0v) is 20.3. The van der Waals surface area contributed by atoms with Crippen LogP contribution in [-0.4, -0.2) is 36.8 Å². The van der Waals surface area contributed by atoms with Crippen molar-refractivity contribution in [1.29, 1.82) is 0 Å². The van der Waals surface area contributed by atoms with Gasteiger partial charge in [-0.15, -0.1) is 0 Å². The molecule has 1 N–H and O–H groups in total. The van der Waals surface area contributed by atoms with Crippen molar-refractivity contribution in [3.63, 3.8) is 0 Å². The first kappa shape index (κ1) is 24.3. The molecule has 176 valence electrons. The molecule has 1 aliphatic rings. The Morgan fingerprint density at radius 2 is 1.76 bits per heavy atom. The topological polar surface area (TPSA) is 80.2 Å². The molecule has 1 heterocycles. The van der Waals surface area contributed by atoms with E-state index in [1.165, 1.54) is 5.01 Å². The highest BCUT2D eigenvalue weighted by atomic mass is 16.5. The lowest BCUT2D eigenvalue weighted by Gasteiger charge is -2.29. The van der Waals surface area contributed by atoms with Crippen LogP contribution in [0.1, 0.15) is 51.7 Å². The molecule has 0 saturated heterocycles. The highest BCUT2D eigenvalue weighted by Gasteiger charge is 2.30. The number of anilines is 1. The molecule has 0 radical (unpaired) electrons. The molecule has 0 saturated carbocycles. The fourth-order valence-corrected chi connectivity index (χ4v) is 3.62. The summed E-state index contributed by atoms with van der Waals surface area (Å²) >= 11 is 0. The van der Waals surface area contributed by atoms with Gasteiger partial charge in [0.05, 0.1) is 26.5 Å². The molecule has 0 aliphatic carbocycles. The van der Waals surface area contributed by atoms with Crippen molar-refractivity contribution in [2.24, 2.45) is 16.4 Å². The molecule has 2 aromatic rings. The third kappa shape index (κ3) is 5.72. The third-order valence-electron chi connectivity index (χ3n) is 5.72. The van der Waals surface area contributed by atoms with Crippen molar-refractivity contribution in [2.75, 3.05) is 19.5 Å². The second-order valence-corrected chi connectivity index (χ2v) is 9.22. The molecule has 3 rings (SSSR count). The first-order valence-corrected chi connectivity index (χ1v) is 11.2. The van der Waals surface area contributed by atoms with Crippen LogP contribution in [0.3, 0.4) is 0 Å². The van der Waals surface area contributed by atoms with Gasteiger partial charge < -0.3 is 14.8 Å². The van der Waals surface area contributed by atoms with Crippen molar-refractivity contribution in [2.45, 2.75) is 47.1 Å². The summed E-state index contributed by atoms with van der Waals surface area (Å²) < 4.78 is 10.8. The number of benzene rings is 2. The lowest BCUT2D eigenvalue weighted by atomic mass is 9.89. The van der Waals surface area contributed by atoms with Gasteiger partial charge in [0.2, 0.25) is 11.8 Å². The van der Waals surface area contributed by atoms with Crippen LogP contribution < -0.4 is 14.8 Å². The minimum atomic E-state index is -0.468. The smallest absolute Gasteiger partial charge is 0.243 e. The second kappa shape index (κ2) is 10.1. The minimum Gasteiger partial charge on any atom is -0.493 e. The Morgan fingerprint density at radius 3 is 2.33 bits per heavy atom. The molecule has 1 unspecified atom stereocenters. The summed E-state index contributed by atoms with van der Waals surface area (Å²) in [6.07, 6.45) is 1.22. The summed E-state index contributed by atoms with van der Waals surface area (Å²) in [5, 5.41) is 9.19. The molecule has 1 atom stereocenters. The summed E-state index contributed by atoms with van der Waals surface area (Å²) in [5.74, 6) is 1.27. The Balaban J connectivity index is 1.83. The highest BCUT2D eigenvalue weighted by molar-refractivity contribution is 6.06. The van der Waals surface area contributed by atoms with Crippen LogP contribution in [-0.2, 0) is 16.1 Å². The van der Waals surface area contributed by atoms with E-state index in [4.69, 9.17) is 14.6 Å². The SMILES string of the molecule is CCC1CC(=O)N(Cc2ccc(NC(=O)C(C)(C)C)cc2)N=C1c1ccc(OC)c(OC)c1. The molecule has 7 heteroatoms. The lowest BCUT2D eigenvalue weighted by molar-refractivity contribution is -0.133. The van der Waals surface area contributed by atoms with E-state index in [1.807, 2.05) is 63.2 Å². The molecule has 2 aromatic carbocycles. The maximum atomic E-state index is 12.8. The predicted octanol–water partition coefficient (Wildman–Crippen LogP) is 4.85. The van der Waals surface area contributed by atoms with E-state index < -0.39 is 5.41 Å². The number of nitrogens with one attached hydrogen (secondary N) is 1. The molecular formula is C26H33N3O4. The minimum absolute atomic E-state index is 0.00353. The van der Waals surface area contributed by atoms with Gasteiger partial charge >= 0.3 is 0 Å². The van der Waals surface area contributed by atoms with Gasteiger partial charge in [0.1, 0.15) is 0 Å². The largest absolute Gasteiger partial charge is 0.493 e. The Bertz CT molecular complexity index is 1040. The average Bonchev–Trinajstić information content (AvgIpc) is 2.80. The highest BCUT2D eigenvalue weighted by Crippen LogP contribution is 2.31. The average molecular weight is 452 g/mol. The number of hydrogen-bond acceptors (Lipinski definition) is 5. The molecule has 2 amide bonds. The van der Waals surface area contributed by atoms with Gasteiger partial charge in [-0.05, 0) is 42.3 Å². The maximum Gasteiger partial charge on any atom is 0.243 e. The molecule has 0 spiro atoms. The molecule has 1 aliphatic heterocycles. The summed E-state index contributed by atoms with van der Waals surface area (Å²) in [6, 6.07) is 13.2. The van der Waals surface area contributed by atoms with Crippen molar-refractivity contribution in [1.82, 2.24) is 5.01 Å². The van der Waals surface area contributed by atoms with Crippen molar-refractivity contribution in [3.05, 3.63) is 53.6 Å². The van der Waals surface area contributed by atoms with Crippen molar-refractivity contribution in [3.8, 4) is 11.5 Å². The van der Waals surface area contributed by atoms with E-state index in [-0.39, 0.29) is 17.7 Å². The fourth-order valence-electron chi connectivity index (χ4n) is 3.62. The van der Waals surface area contributed by atoms with Crippen LogP contribution >= 0.6 is 0 Å². The Kier molecular flexibility index (Phi) is 7.41. The molecule has 33 heavy (non-hydrogen) atoms. The van der Waals surface area contributed by atoms with Gasteiger partial charge in [-0.3, -0.25) is 9.59 Å². The number of carbonyl (C=O) groups is 2. The summed E-state index contributed by atoms with van der Waals surface area (Å²) in [5.41, 5.74) is 2.97. The lowest BCUT2D eigenvalue weighted by Crippen LogP contribution is -2.36. The van der Waals surface area contributed by atoms with Crippen LogP contribution in [0.4, 0.5) is 5.69 Å². The molecule has 0 bridgehead atoms. The van der Waals surface area contributed by atoms with E-state index in [1.54, 1.807) is 14.2 Å². The number of hydrogen-bond donors (Lipinski definition) is 1. The van der Waals surface area contributed by atoms with Crippen molar-refractivity contribution >= 4 is 23.2 Å².